The number of hydrogen-bond acceptors (Lipinski definition) is 3. The number of ether oxygens (including phenoxy) is 1. The molecule has 0 radical (unpaired) electrons. The summed E-state index contributed by atoms with van der Waals surface area (Å²) >= 11 is 9.40. The standard InChI is InChI=1S/C20H25BrClNO2/c1-3-23(4-2)12-11-19(24)18-13-16(21)7-10-20(18)25-14-15-5-8-17(22)9-6-15/h5-10,13,19,24H,3-4,11-12,14H2,1-2H3. The molecule has 0 saturated carbocycles. The van der Waals surface area contributed by atoms with Gasteiger partial charge in [0.05, 0.1) is 6.10 Å². The maximum Gasteiger partial charge on any atom is 0.125 e. The molecule has 1 atom stereocenters. The summed E-state index contributed by atoms with van der Waals surface area (Å²) in [6, 6.07) is 13.3. The van der Waals surface area contributed by atoms with Crippen LogP contribution in [0.2, 0.25) is 5.02 Å². The molecule has 0 aliphatic carbocycles. The third-order valence-corrected chi connectivity index (χ3v) is 5.00. The molecule has 2 aromatic carbocycles. The molecule has 0 saturated heterocycles. The first-order valence-electron chi connectivity index (χ1n) is 8.60. The summed E-state index contributed by atoms with van der Waals surface area (Å²) in [5, 5.41) is 11.4. The van der Waals surface area contributed by atoms with Gasteiger partial charge in [-0.2, -0.15) is 0 Å². The molecule has 1 unspecified atom stereocenters. The van der Waals surface area contributed by atoms with Gasteiger partial charge in [-0.15, -0.1) is 0 Å². The second-order valence-corrected chi connectivity index (χ2v) is 7.28. The van der Waals surface area contributed by atoms with E-state index in [9.17, 15) is 5.11 Å². The van der Waals surface area contributed by atoms with Crippen LogP contribution in [-0.4, -0.2) is 29.6 Å². The molecule has 2 rings (SSSR count). The van der Waals surface area contributed by atoms with Gasteiger partial charge in [-0.25, -0.2) is 0 Å². The molecule has 0 amide bonds. The lowest BCUT2D eigenvalue weighted by molar-refractivity contribution is 0.140. The van der Waals surface area contributed by atoms with Crippen molar-refractivity contribution in [3.05, 3.63) is 63.1 Å². The Morgan fingerprint density at radius 1 is 1.12 bits per heavy atom. The molecule has 5 heteroatoms. The molecule has 25 heavy (non-hydrogen) atoms. The van der Waals surface area contributed by atoms with Crippen molar-refractivity contribution in [2.45, 2.75) is 33.0 Å². The summed E-state index contributed by atoms with van der Waals surface area (Å²) in [5.74, 6) is 0.713. The van der Waals surface area contributed by atoms with E-state index in [-0.39, 0.29) is 0 Å². The van der Waals surface area contributed by atoms with Gasteiger partial charge >= 0.3 is 0 Å². The SMILES string of the molecule is CCN(CC)CCC(O)c1cc(Br)ccc1OCc1ccc(Cl)cc1. The van der Waals surface area contributed by atoms with Crippen LogP contribution in [0.25, 0.3) is 0 Å². The first kappa shape index (κ1) is 20.2. The zero-order valence-corrected chi connectivity index (χ0v) is 17.1. The first-order chi connectivity index (χ1) is 12.0. The Kier molecular flexibility index (Phi) is 8.24. The van der Waals surface area contributed by atoms with Crippen LogP contribution in [0.15, 0.2) is 46.9 Å². The Morgan fingerprint density at radius 2 is 1.80 bits per heavy atom. The molecule has 0 aliphatic heterocycles. The molecule has 0 fully saturated rings. The minimum atomic E-state index is -0.557. The highest BCUT2D eigenvalue weighted by atomic mass is 79.9. The Morgan fingerprint density at radius 3 is 2.44 bits per heavy atom. The maximum atomic E-state index is 10.7. The van der Waals surface area contributed by atoms with Crippen LogP contribution in [-0.2, 0) is 6.61 Å². The molecule has 3 nitrogen and oxygen atoms in total. The molecule has 136 valence electrons. The van der Waals surface area contributed by atoms with Gasteiger partial charge in [0.2, 0.25) is 0 Å². The van der Waals surface area contributed by atoms with E-state index in [4.69, 9.17) is 16.3 Å². The highest BCUT2D eigenvalue weighted by Crippen LogP contribution is 2.31. The van der Waals surface area contributed by atoms with Crippen molar-refractivity contribution in [1.29, 1.82) is 0 Å². The highest BCUT2D eigenvalue weighted by Gasteiger charge is 2.15. The van der Waals surface area contributed by atoms with Crippen molar-refractivity contribution in [3.8, 4) is 5.75 Å². The van der Waals surface area contributed by atoms with Crippen molar-refractivity contribution in [3.63, 3.8) is 0 Å². The van der Waals surface area contributed by atoms with Gasteiger partial charge in [-0.3, -0.25) is 0 Å². The highest BCUT2D eigenvalue weighted by molar-refractivity contribution is 9.10. The monoisotopic (exact) mass is 425 g/mol. The number of halogens is 2. The normalized spacial score (nSPS) is 12.4. The minimum absolute atomic E-state index is 0.439. The molecule has 0 aromatic heterocycles. The Balaban J connectivity index is 2.06. The largest absolute Gasteiger partial charge is 0.489 e. The van der Waals surface area contributed by atoms with Crippen LogP contribution in [0.4, 0.5) is 0 Å². The van der Waals surface area contributed by atoms with E-state index in [1.807, 2.05) is 42.5 Å². The van der Waals surface area contributed by atoms with E-state index in [2.05, 4.69) is 34.7 Å². The molecule has 2 aromatic rings. The molecule has 1 N–H and O–H groups in total. The van der Waals surface area contributed by atoms with Gasteiger partial charge in [0.15, 0.2) is 0 Å². The van der Waals surface area contributed by atoms with Gasteiger partial charge in [0, 0.05) is 21.6 Å². The fraction of sp³-hybridized carbons (Fsp3) is 0.400. The van der Waals surface area contributed by atoms with E-state index in [0.717, 1.165) is 35.2 Å². The average molecular weight is 427 g/mol. The number of nitrogens with zero attached hydrogens (tertiary/aromatic N) is 1. The van der Waals surface area contributed by atoms with Crippen LogP contribution >= 0.6 is 27.5 Å². The molecule has 0 bridgehead atoms. The zero-order chi connectivity index (χ0) is 18.2. The average Bonchev–Trinajstić information content (AvgIpc) is 2.62. The fourth-order valence-electron chi connectivity index (χ4n) is 2.65. The second kappa shape index (κ2) is 10.2. The van der Waals surface area contributed by atoms with Gasteiger partial charge in [-0.1, -0.05) is 53.5 Å². The third kappa shape index (κ3) is 6.30. The topological polar surface area (TPSA) is 32.7 Å². The van der Waals surface area contributed by atoms with Gasteiger partial charge < -0.3 is 14.7 Å². The zero-order valence-electron chi connectivity index (χ0n) is 14.7. The van der Waals surface area contributed by atoms with Crippen molar-refractivity contribution in [1.82, 2.24) is 4.90 Å². The molecule has 0 spiro atoms. The minimum Gasteiger partial charge on any atom is -0.489 e. The number of aliphatic hydroxyl groups is 1. The quantitative estimate of drug-likeness (QED) is 0.579. The second-order valence-electron chi connectivity index (χ2n) is 5.93. The number of hydrogen-bond donors (Lipinski definition) is 1. The molecule has 0 heterocycles. The molecular formula is C20H25BrClNO2. The van der Waals surface area contributed by atoms with Gasteiger partial charge in [0.1, 0.15) is 12.4 Å². The van der Waals surface area contributed by atoms with Crippen molar-refractivity contribution < 1.29 is 9.84 Å². The van der Waals surface area contributed by atoms with Crippen LogP contribution in [0.5, 0.6) is 5.75 Å². The number of aliphatic hydroxyl groups excluding tert-OH is 1. The number of benzene rings is 2. The van der Waals surface area contributed by atoms with Gasteiger partial charge in [0.25, 0.3) is 0 Å². The summed E-state index contributed by atoms with van der Waals surface area (Å²) in [5.41, 5.74) is 1.85. The first-order valence-corrected chi connectivity index (χ1v) is 9.77. The number of rotatable bonds is 9. The Bertz CT molecular complexity index is 659. The van der Waals surface area contributed by atoms with Crippen LogP contribution in [0.3, 0.4) is 0 Å². The van der Waals surface area contributed by atoms with Crippen LogP contribution in [0, 0.1) is 0 Å². The third-order valence-electron chi connectivity index (χ3n) is 4.25. The lowest BCUT2D eigenvalue weighted by atomic mass is 10.1. The summed E-state index contributed by atoms with van der Waals surface area (Å²) in [6.07, 6.45) is 0.119. The smallest absolute Gasteiger partial charge is 0.125 e. The van der Waals surface area contributed by atoms with E-state index < -0.39 is 6.10 Å². The summed E-state index contributed by atoms with van der Waals surface area (Å²) in [7, 11) is 0. The lowest BCUT2D eigenvalue weighted by Gasteiger charge is -2.21. The van der Waals surface area contributed by atoms with Gasteiger partial charge in [-0.05, 0) is 55.4 Å². The summed E-state index contributed by atoms with van der Waals surface area (Å²) in [6.45, 7) is 7.54. The van der Waals surface area contributed by atoms with Crippen molar-refractivity contribution in [2.75, 3.05) is 19.6 Å². The van der Waals surface area contributed by atoms with Crippen LogP contribution < -0.4 is 4.74 Å². The maximum absolute atomic E-state index is 10.7. The predicted molar refractivity (Wildman–Crippen MR) is 107 cm³/mol. The lowest BCUT2D eigenvalue weighted by Crippen LogP contribution is -2.25. The van der Waals surface area contributed by atoms with Crippen LogP contribution in [0.1, 0.15) is 37.5 Å². The van der Waals surface area contributed by atoms with E-state index in [0.29, 0.717) is 23.8 Å². The van der Waals surface area contributed by atoms with E-state index >= 15 is 0 Å². The summed E-state index contributed by atoms with van der Waals surface area (Å²) in [4.78, 5) is 2.30. The van der Waals surface area contributed by atoms with Crippen molar-refractivity contribution >= 4 is 27.5 Å². The molecule has 0 aliphatic rings. The predicted octanol–water partition coefficient (Wildman–Crippen LogP) is 5.45. The fourth-order valence-corrected chi connectivity index (χ4v) is 3.16. The van der Waals surface area contributed by atoms with Crippen molar-refractivity contribution in [2.24, 2.45) is 0 Å². The van der Waals surface area contributed by atoms with E-state index in [1.165, 1.54) is 0 Å². The summed E-state index contributed by atoms with van der Waals surface area (Å²) < 4.78 is 6.89. The Labute approximate surface area is 163 Å². The Hall–Kier alpha value is -1.07. The van der Waals surface area contributed by atoms with E-state index in [1.54, 1.807) is 0 Å². The molecular weight excluding hydrogens is 402 g/mol.